The minimum absolute atomic E-state index is 0.329. The second kappa shape index (κ2) is 4.98. The first-order valence-electron chi connectivity index (χ1n) is 4.92. The molecule has 0 aliphatic heterocycles. The summed E-state index contributed by atoms with van der Waals surface area (Å²) in [5, 5.41) is 12.0. The van der Waals surface area contributed by atoms with Gasteiger partial charge in [-0.05, 0) is 46.3 Å². The van der Waals surface area contributed by atoms with Crippen molar-refractivity contribution < 1.29 is 4.39 Å². The first kappa shape index (κ1) is 11.6. The number of rotatable bonds is 2. The molecule has 2 nitrogen and oxygen atoms in total. The van der Waals surface area contributed by atoms with E-state index in [0.29, 0.717) is 16.9 Å². The van der Waals surface area contributed by atoms with E-state index in [2.05, 4.69) is 27.3 Å². The summed E-state index contributed by atoms with van der Waals surface area (Å²) in [6.45, 7) is 0. The van der Waals surface area contributed by atoms with Crippen molar-refractivity contribution in [1.82, 2.24) is 0 Å². The predicted octanol–water partition coefficient (Wildman–Crippen LogP) is 4.20. The lowest BCUT2D eigenvalue weighted by molar-refractivity contribution is 0.628. The van der Waals surface area contributed by atoms with Gasteiger partial charge in [0, 0.05) is 4.47 Å². The van der Waals surface area contributed by atoms with Crippen molar-refractivity contribution in [3.8, 4) is 6.07 Å². The third-order valence-electron chi connectivity index (χ3n) is 2.25. The summed E-state index contributed by atoms with van der Waals surface area (Å²) in [5.74, 6) is -0.329. The van der Waals surface area contributed by atoms with Crippen molar-refractivity contribution in [3.63, 3.8) is 0 Å². The van der Waals surface area contributed by atoms with Gasteiger partial charge in [-0.15, -0.1) is 0 Å². The third kappa shape index (κ3) is 2.63. The Balaban J connectivity index is 2.38. The van der Waals surface area contributed by atoms with Crippen LogP contribution in [0.4, 0.5) is 15.8 Å². The number of nitriles is 1. The molecule has 84 valence electrons. The number of hydrogen-bond acceptors (Lipinski definition) is 2. The molecule has 0 fully saturated rings. The summed E-state index contributed by atoms with van der Waals surface area (Å²) in [5.41, 5.74) is 1.76. The standard InChI is InChI=1S/C13H8BrFN2/c14-11-6-5-10(15)7-13(11)17-12-4-2-1-3-9(12)8-16/h1-7,17H. The van der Waals surface area contributed by atoms with Gasteiger partial charge in [-0.2, -0.15) is 5.26 Å². The van der Waals surface area contributed by atoms with Crippen LogP contribution in [-0.4, -0.2) is 0 Å². The number of halogens is 2. The normalized spacial score (nSPS) is 9.71. The van der Waals surface area contributed by atoms with Crippen LogP contribution in [0.3, 0.4) is 0 Å². The third-order valence-corrected chi connectivity index (χ3v) is 2.94. The maximum absolute atomic E-state index is 13.1. The molecular formula is C13H8BrFN2. The van der Waals surface area contributed by atoms with Crippen LogP contribution >= 0.6 is 15.9 Å². The highest BCUT2D eigenvalue weighted by atomic mass is 79.9. The zero-order valence-electron chi connectivity index (χ0n) is 8.74. The van der Waals surface area contributed by atoms with Gasteiger partial charge < -0.3 is 5.32 Å². The van der Waals surface area contributed by atoms with Gasteiger partial charge in [0.15, 0.2) is 0 Å². The molecule has 0 saturated heterocycles. The minimum atomic E-state index is -0.329. The Morgan fingerprint density at radius 3 is 2.65 bits per heavy atom. The highest BCUT2D eigenvalue weighted by Crippen LogP contribution is 2.27. The minimum Gasteiger partial charge on any atom is -0.353 e. The van der Waals surface area contributed by atoms with Crippen LogP contribution in [0.15, 0.2) is 46.9 Å². The van der Waals surface area contributed by atoms with E-state index in [9.17, 15) is 4.39 Å². The fourth-order valence-electron chi connectivity index (χ4n) is 1.43. The summed E-state index contributed by atoms with van der Waals surface area (Å²) in [7, 11) is 0. The van der Waals surface area contributed by atoms with Crippen LogP contribution in [0.2, 0.25) is 0 Å². The van der Waals surface area contributed by atoms with Crippen molar-refractivity contribution in [3.05, 3.63) is 58.3 Å². The van der Waals surface area contributed by atoms with Gasteiger partial charge >= 0.3 is 0 Å². The Morgan fingerprint density at radius 1 is 1.12 bits per heavy atom. The van der Waals surface area contributed by atoms with E-state index >= 15 is 0 Å². The second-order valence-corrected chi connectivity index (χ2v) is 4.26. The maximum Gasteiger partial charge on any atom is 0.125 e. The van der Waals surface area contributed by atoms with Crippen LogP contribution in [-0.2, 0) is 0 Å². The molecule has 0 radical (unpaired) electrons. The first-order chi connectivity index (χ1) is 8.20. The van der Waals surface area contributed by atoms with Crippen LogP contribution in [0, 0.1) is 17.1 Å². The largest absolute Gasteiger partial charge is 0.353 e. The van der Waals surface area contributed by atoms with Crippen LogP contribution < -0.4 is 5.32 Å². The molecule has 0 atom stereocenters. The van der Waals surface area contributed by atoms with Gasteiger partial charge in [0.25, 0.3) is 0 Å². The molecule has 2 aromatic carbocycles. The molecule has 1 N–H and O–H groups in total. The number of nitrogens with one attached hydrogen (secondary N) is 1. The van der Waals surface area contributed by atoms with Gasteiger partial charge in [-0.3, -0.25) is 0 Å². The van der Waals surface area contributed by atoms with Crippen molar-refractivity contribution >= 4 is 27.3 Å². The molecule has 0 bridgehead atoms. The van der Waals surface area contributed by atoms with Crippen LogP contribution in [0.5, 0.6) is 0 Å². The van der Waals surface area contributed by atoms with Crippen molar-refractivity contribution in [1.29, 1.82) is 5.26 Å². The predicted molar refractivity (Wildman–Crippen MR) is 68.5 cm³/mol. The zero-order chi connectivity index (χ0) is 12.3. The van der Waals surface area contributed by atoms with Gasteiger partial charge in [-0.1, -0.05) is 12.1 Å². The van der Waals surface area contributed by atoms with Crippen molar-refractivity contribution in [2.75, 3.05) is 5.32 Å². The molecule has 4 heteroatoms. The van der Waals surface area contributed by atoms with Crippen molar-refractivity contribution in [2.24, 2.45) is 0 Å². The smallest absolute Gasteiger partial charge is 0.125 e. The lowest BCUT2D eigenvalue weighted by Crippen LogP contribution is -1.94. The molecule has 0 unspecified atom stereocenters. The Morgan fingerprint density at radius 2 is 1.88 bits per heavy atom. The Kier molecular flexibility index (Phi) is 3.40. The fraction of sp³-hybridized carbons (Fsp3) is 0. The number of hydrogen-bond donors (Lipinski definition) is 1. The zero-order valence-corrected chi connectivity index (χ0v) is 10.3. The van der Waals surface area contributed by atoms with E-state index in [0.717, 1.165) is 4.47 Å². The first-order valence-corrected chi connectivity index (χ1v) is 5.71. The summed E-state index contributed by atoms with van der Waals surface area (Å²) in [6, 6.07) is 13.5. The number of benzene rings is 2. The molecule has 0 spiro atoms. The number of para-hydroxylation sites is 1. The second-order valence-electron chi connectivity index (χ2n) is 3.41. The molecule has 2 rings (SSSR count). The molecule has 0 aliphatic carbocycles. The van der Waals surface area contributed by atoms with E-state index in [1.54, 1.807) is 24.3 Å². The van der Waals surface area contributed by atoms with Gasteiger partial charge in [0.1, 0.15) is 11.9 Å². The van der Waals surface area contributed by atoms with Crippen molar-refractivity contribution in [2.45, 2.75) is 0 Å². The summed E-state index contributed by atoms with van der Waals surface area (Å²) >= 11 is 3.32. The topological polar surface area (TPSA) is 35.8 Å². The van der Waals surface area contributed by atoms with Crippen LogP contribution in [0.1, 0.15) is 5.56 Å². The maximum atomic E-state index is 13.1. The quantitative estimate of drug-likeness (QED) is 0.900. The summed E-state index contributed by atoms with van der Waals surface area (Å²) < 4.78 is 13.8. The molecular weight excluding hydrogens is 283 g/mol. The highest BCUT2D eigenvalue weighted by Gasteiger charge is 2.05. The number of anilines is 2. The monoisotopic (exact) mass is 290 g/mol. The molecule has 0 aliphatic rings. The van der Waals surface area contributed by atoms with Gasteiger partial charge in [0.05, 0.1) is 16.9 Å². The average Bonchev–Trinajstić information content (AvgIpc) is 2.34. The summed E-state index contributed by atoms with van der Waals surface area (Å²) in [6.07, 6.45) is 0. The van der Waals surface area contributed by atoms with E-state index < -0.39 is 0 Å². The average molecular weight is 291 g/mol. The van der Waals surface area contributed by atoms with E-state index in [1.807, 2.05) is 6.07 Å². The fourth-order valence-corrected chi connectivity index (χ4v) is 1.77. The molecule has 0 amide bonds. The Labute approximate surface area is 107 Å². The van der Waals surface area contributed by atoms with E-state index in [4.69, 9.17) is 5.26 Å². The SMILES string of the molecule is N#Cc1ccccc1Nc1cc(F)ccc1Br. The Hall–Kier alpha value is -1.86. The lowest BCUT2D eigenvalue weighted by Gasteiger charge is -2.09. The van der Waals surface area contributed by atoms with Gasteiger partial charge in [-0.25, -0.2) is 4.39 Å². The molecule has 0 aromatic heterocycles. The highest BCUT2D eigenvalue weighted by molar-refractivity contribution is 9.10. The molecule has 17 heavy (non-hydrogen) atoms. The lowest BCUT2D eigenvalue weighted by atomic mass is 10.2. The van der Waals surface area contributed by atoms with Crippen LogP contribution in [0.25, 0.3) is 0 Å². The molecule has 2 aromatic rings. The van der Waals surface area contributed by atoms with Gasteiger partial charge in [0.2, 0.25) is 0 Å². The molecule has 0 heterocycles. The number of nitrogens with zero attached hydrogens (tertiary/aromatic N) is 1. The summed E-state index contributed by atoms with van der Waals surface area (Å²) in [4.78, 5) is 0. The van der Waals surface area contributed by atoms with E-state index in [1.165, 1.54) is 12.1 Å². The molecule has 0 saturated carbocycles. The Bertz CT molecular complexity index is 590. The van der Waals surface area contributed by atoms with E-state index in [-0.39, 0.29) is 5.82 Å².